The van der Waals surface area contributed by atoms with Gasteiger partial charge < -0.3 is 10.6 Å². The van der Waals surface area contributed by atoms with Crippen LogP contribution in [0.2, 0.25) is 0 Å². The average Bonchev–Trinajstić information content (AvgIpc) is 2.26. The molecule has 0 fully saturated rings. The molecule has 0 bridgehead atoms. The van der Waals surface area contributed by atoms with Crippen LogP contribution >= 0.6 is 0 Å². The van der Waals surface area contributed by atoms with Gasteiger partial charge in [-0.05, 0) is 25.7 Å². The first-order valence-electron chi connectivity index (χ1n) is 7.06. The van der Waals surface area contributed by atoms with Gasteiger partial charge in [0.25, 0.3) is 0 Å². The molecule has 0 saturated heterocycles. The highest BCUT2D eigenvalue weighted by Crippen LogP contribution is 2.02. The molecule has 3 nitrogen and oxygen atoms in total. The Bertz CT molecular complexity index is 193. The lowest BCUT2D eigenvalue weighted by atomic mass is 10.1. The van der Waals surface area contributed by atoms with Crippen LogP contribution in [0.4, 0.5) is 0 Å². The summed E-state index contributed by atoms with van der Waals surface area (Å²) in [6.07, 6.45) is 6.00. The van der Waals surface area contributed by atoms with E-state index in [1.54, 1.807) is 0 Å². The Balaban J connectivity index is 3.42. The highest BCUT2D eigenvalue weighted by molar-refractivity contribution is 5.77. The van der Waals surface area contributed by atoms with Crippen LogP contribution in [0, 0.1) is 5.92 Å². The van der Waals surface area contributed by atoms with E-state index in [0.29, 0.717) is 18.5 Å². The number of hydrogen-bond acceptors (Lipinski definition) is 2. The van der Waals surface area contributed by atoms with Gasteiger partial charge in [0.2, 0.25) is 5.91 Å². The van der Waals surface area contributed by atoms with Crippen LogP contribution in [0.25, 0.3) is 0 Å². The van der Waals surface area contributed by atoms with Crippen molar-refractivity contribution in [1.29, 1.82) is 0 Å². The summed E-state index contributed by atoms with van der Waals surface area (Å²) in [6.45, 7) is 9.94. The maximum Gasteiger partial charge on any atom is 0.233 e. The predicted molar refractivity (Wildman–Crippen MR) is 74.1 cm³/mol. The number of carbonyl (C=O) groups excluding carboxylic acids is 1. The molecule has 0 aliphatic heterocycles. The fourth-order valence-corrected chi connectivity index (χ4v) is 1.63. The minimum atomic E-state index is 0.119. The lowest BCUT2D eigenvalue weighted by Gasteiger charge is -2.13. The lowest BCUT2D eigenvalue weighted by molar-refractivity contribution is -0.120. The topological polar surface area (TPSA) is 41.1 Å². The first-order valence-corrected chi connectivity index (χ1v) is 7.06. The minimum Gasteiger partial charge on any atom is -0.355 e. The summed E-state index contributed by atoms with van der Waals surface area (Å²) in [4.78, 5) is 11.5. The molecule has 102 valence electrons. The van der Waals surface area contributed by atoms with Crippen molar-refractivity contribution in [2.45, 2.75) is 65.8 Å². The largest absolute Gasteiger partial charge is 0.355 e. The number of nitrogens with one attached hydrogen (secondary N) is 2. The predicted octanol–water partition coefficient (Wildman–Crippen LogP) is 2.71. The van der Waals surface area contributed by atoms with E-state index in [0.717, 1.165) is 19.4 Å². The second kappa shape index (κ2) is 10.6. The molecular formula is C14H30N2O. The van der Waals surface area contributed by atoms with E-state index in [1.165, 1.54) is 19.3 Å². The van der Waals surface area contributed by atoms with Gasteiger partial charge >= 0.3 is 0 Å². The monoisotopic (exact) mass is 242 g/mol. The van der Waals surface area contributed by atoms with Crippen LogP contribution < -0.4 is 10.6 Å². The maximum absolute atomic E-state index is 11.5. The zero-order valence-corrected chi connectivity index (χ0v) is 12.0. The van der Waals surface area contributed by atoms with Crippen LogP contribution in [-0.4, -0.2) is 25.0 Å². The summed E-state index contributed by atoms with van der Waals surface area (Å²) in [6, 6.07) is 0.442. The molecular weight excluding hydrogens is 212 g/mol. The maximum atomic E-state index is 11.5. The molecule has 1 unspecified atom stereocenters. The Kier molecular flexibility index (Phi) is 10.2. The Morgan fingerprint density at radius 2 is 1.82 bits per heavy atom. The third kappa shape index (κ3) is 11.7. The van der Waals surface area contributed by atoms with Gasteiger partial charge in [-0.3, -0.25) is 4.79 Å². The molecule has 0 radical (unpaired) electrons. The molecule has 0 aliphatic rings. The van der Waals surface area contributed by atoms with Crippen LogP contribution in [-0.2, 0) is 4.79 Å². The van der Waals surface area contributed by atoms with E-state index in [1.807, 2.05) is 0 Å². The fraction of sp³-hybridized carbons (Fsp3) is 0.929. The van der Waals surface area contributed by atoms with Crippen molar-refractivity contribution in [3.8, 4) is 0 Å². The summed E-state index contributed by atoms with van der Waals surface area (Å²) in [7, 11) is 0. The van der Waals surface area contributed by atoms with E-state index in [9.17, 15) is 4.79 Å². The molecule has 0 saturated carbocycles. The molecule has 0 aliphatic carbocycles. The molecule has 2 N–H and O–H groups in total. The van der Waals surface area contributed by atoms with Crippen molar-refractivity contribution in [2.24, 2.45) is 5.92 Å². The van der Waals surface area contributed by atoms with Crippen molar-refractivity contribution in [3.05, 3.63) is 0 Å². The van der Waals surface area contributed by atoms with Gasteiger partial charge in [-0.2, -0.15) is 0 Å². The summed E-state index contributed by atoms with van der Waals surface area (Å²) in [5.41, 5.74) is 0. The zero-order chi connectivity index (χ0) is 13.1. The zero-order valence-electron chi connectivity index (χ0n) is 12.0. The molecule has 0 spiro atoms. The van der Waals surface area contributed by atoms with Gasteiger partial charge in [0.05, 0.1) is 6.54 Å². The third-order valence-electron chi connectivity index (χ3n) is 2.90. The van der Waals surface area contributed by atoms with Gasteiger partial charge in [-0.1, -0.05) is 40.0 Å². The summed E-state index contributed by atoms with van der Waals surface area (Å²) in [5.74, 6) is 0.768. The molecule has 0 rings (SSSR count). The molecule has 0 aromatic rings. The van der Waals surface area contributed by atoms with Gasteiger partial charge in [-0.25, -0.2) is 0 Å². The smallest absolute Gasteiger partial charge is 0.233 e. The van der Waals surface area contributed by atoms with Gasteiger partial charge in [0.1, 0.15) is 0 Å². The van der Waals surface area contributed by atoms with Crippen LogP contribution in [0.15, 0.2) is 0 Å². The number of amides is 1. The lowest BCUT2D eigenvalue weighted by Crippen LogP contribution is -2.38. The average molecular weight is 242 g/mol. The first-order chi connectivity index (χ1) is 8.06. The standard InChI is InChI=1S/C14H30N2O/c1-5-6-7-8-13(4)16-11-14(17)15-10-9-12(2)3/h12-13,16H,5-11H2,1-4H3,(H,15,17). The molecule has 0 heterocycles. The Hall–Kier alpha value is -0.570. The minimum absolute atomic E-state index is 0.119. The summed E-state index contributed by atoms with van der Waals surface area (Å²) < 4.78 is 0. The van der Waals surface area contributed by atoms with Crippen molar-refractivity contribution in [1.82, 2.24) is 10.6 Å². The number of carbonyl (C=O) groups is 1. The van der Waals surface area contributed by atoms with Crippen molar-refractivity contribution in [3.63, 3.8) is 0 Å². The molecule has 3 heteroatoms. The Morgan fingerprint density at radius 1 is 1.12 bits per heavy atom. The van der Waals surface area contributed by atoms with E-state index in [2.05, 4.69) is 38.3 Å². The number of rotatable bonds is 10. The number of hydrogen-bond donors (Lipinski definition) is 2. The van der Waals surface area contributed by atoms with E-state index >= 15 is 0 Å². The summed E-state index contributed by atoms with van der Waals surface area (Å²) in [5, 5.41) is 6.20. The van der Waals surface area contributed by atoms with Crippen molar-refractivity contribution >= 4 is 5.91 Å². The molecule has 0 aromatic carbocycles. The fourth-order valence-electron chi connectivity index (χ4n) is 1.63. The van der Waals surface area contributed by atoms with Gasteiger partial charge in [0.15, 0.2) is 0 Å². The van der Waals surface area contributed by atoms with E-state index < -0.39 is 0 Å². The van der Waals surface area contributed by atoms with Crippen molar-refractivity contribution < 1.29 is 4.79 Å². The molecule has 0 aromatic heterocycles. The van der Waals surface area contributed by atoms with Crippen molar-refractivity contribution in [2.75, 3.05) is 13.1 Å². The third-order valence-corrected chi connectivity index (χ3v) is 2.90. The van der Waals surface area contributed by atoms with Crippen LogP contribution in [0.5, 0.6) is 0 Å². The van der Waals surface area contributed by atoms with E-state index in [4.69, 9.17) is 0 Å². The van der Waals surface area contributed by atoms with E-state index in [-0.39, 0.29) is 5.91 Å². The van der Waals surface area contributed by atoms with Gasteiger partial charge in [0, 0.05) is 12.6 Å². The second-order valence-electron chi connectivity index (χ2n) is 5.31. The van der Waals surface area contributed by atoms with Crippen LogP contribution in [0.1, 0.15) is 59.8 Å². The Labute approximate surface area is 107 Å². The van der Waals surface area contributed by atoms with Gasteiger partial charge in [-0.15, -0.1) is 0 Å². The highest BCUT2D eigenvalue weighted by atomic mass is 16.1. The normalized spacial score (nSPS) is 12.8. The summed E-state index contributed by atoms with van der Waals surface area (Å²) >= 11 is 0. The Morgan fingerprint density at radius 3 is 2.41 bits per heavy atom. The van der Waals surface area contributed by atoms with Crippen LogP contribution in [0.3, 0.4) is 0 Å². The molecule has 1 amide bonds. The highest BCUT2D eigenvalue weighted by Gasteiger charge is 2.05. The first kappa shape index (κ1) is 16.4. The quantitative estimate of drug-likeness (QED) is 0.578. The second-order valence-corrected chi connectivity index (χ2v) is 5.31. The molecule has 17 heavy (non-hydrogen) atoms. The number of unbranched alkanes of at least 4 members (excludes halogenated alkanes) is 2. The SMILES string of the molecule is CCCCCC(C)NCC(=O)NCCC(C)C. The molecule has 1 atom stereocenters.